The number of carbonyl (C=O) groups excluding carboxylic acids is 2. The van der Waals surface area contributed by atoms with Crippen molar-refractivity contribution in [2.45, 2.75) is 27.2 Å². The van der Waals surface area contributed by atoms with E-state index in [2.05, 4.69) is 22.1 Å². The van der Waals surface area contributed by atoms with Crippen molar-refractivity contribution in [3.05, 3.63) is 29.9 Å². The fraction of sp³-hybridized carbons (Fsp3) is 0.611. The van der Waals surface area contributed by atoms with Gasteiger partial charge in [-0.2, -0.15) is 0 Å². The number of aryl methyl sites for hydroxylation is 1. The average molecular weight is 331 g/mol. The minimum Gasteiger partial charge on any atom is -0.466 e. The first-order chi connectivity index (χ1) is 11.5. The summed E-state index contributed by atoms with van der Waals surface area (Å²) in [6, 6.07) is 0. The molecule has 1 aromatic heterocycles. The van der Waals surface area contributed by atoms with Crippen LogP contribution in [-0.2, 0) is 20.7 Å². The van der Waals surface area contributed by atoms with E-state index in [1.165, 1.54) is 0 Å². The molecule has 2 heterocycles. The number of hydrogen-bond acceptors (Lipinski definition) is 4. The van der Waals surface area contributed by atoms with E-state index in [1.807, 2.05) is 25.7 Å². The first-order valence-electron chi connectivity index (χ1n) is 8.62. The van der Waals surface area contributed by atoms with Gasteiger partial charge in [0.25, 0.3) is 0 Å². The zero-order chi connectivity index (χ0) is 17.3. The molecular formula is C18H25N3O3. The SMILES string of the molecule is CCOC(=O)[C@@H]1[C@H]2CN(C(=O)Cc3nc[nH]c3C)C[C@@H]2C=C[C@@H]1C. The van der Waals surface area contributed by atoms with Crippen molar-refractivity contribution in [2.75, 3.05) is 19.7 Å². The molecule has 1 amide bonds. The Kier molecular flexibility index (Phi) is 4.73. The molecule has 1 aromatic rings. The third-order valence-electron chi connectivity index (χ3n) is 5.27. The predicted octanol–water partition coefficient (Wildman–Crippen LogP) is 1.72. The number of fused-ring (bicyclic) bond motifs is 1. The van der Waals surface area contributed by atoms with Crippen molar-refractivity contribution < 1.29 is 14.3 Å². The number of likely N-dealkylation sites (tertiary alicyclic amines) is 1. The number of H-pyrrole nitrogens is 1. The van der Waals surface area contributed by atoms with Gasteiger partial charge in [0.2, 0.25) is 5.91 Å². The number of esters is 1. The number of imidazole rings is 1. The first-order valence-corrected chi connectivity index (χ1v) is 8.62. The third-order valence-corrected chi connectivity index (χ3v) is 5.27. The lowest BCUT2D eigenvalue weighted by molar-refractivity contribution is -0.152. The van der Waals surface area contributed by atoms with Crippen molar-refractivity contribution in [2.24, 2.45) is 23.7 Å². The van der Waals surface area contributed by atoms with E-state index in [0.717, 1.165) is 11.4 Å². The van der Waals surface area contributed by atoms with Crippen LogP contribution in [0.15, 0.2) is 18.5 Å². The molecule has 1 aliphatic carbocycles. The molecule has 0 radical (unpaired) electrons. The normalized spacial score (nSPS) is 28.7. The molecule has 24 heavy (non-hydrogen) atoms. The number of allylic oxidation sites excluding steroid dienone is 1. The molecule has 6 heteroatoms. The van der Waals surface area contributed by atoms with Gasteiger partial charge in [0.05, 0.1) is 31.0 Å². The van der Waals surface area contributed by atoms with Gasteiger partial charge >= 0.3 is 5.97 Å². The van der Waals surface area contributed by atoms with Crippen LogP contribution >= 0.6 is 0 Å². The molecule has 3 rings (SSSR count). The molecule has 1 fully saturated rings. The molecule has 1 aliphatic heterocycles. The van der Waals surface area contributed by atoms with E-state index in [4.69, 9.17) is 4.74 Å². The Morgan fingerprint density at radius 2 is 2.17 bits per heavy atom. The van der Waals surface area contributed by atoms with Gasteiger partial charge in [-0.15, -0.1) is 0 Å². The number of hydrogen-bond donors (Lipinski definition) is 1. The molecule has 130 valence electrons. The number of carbonyl (C=O) groups is 2. The fourth-order valence-electron chi connectivity index (χ4n) is 3.92. The maximum Gasteiger partial charge on any atom is 0.309 e. The maximum atomic E-state index is 12.6. The number of nitrogens with one attached hydrogen (secondary N) is 1. The highest BCUT2D eigenvalue weighted by atomic mass is 16.5. The summed E-state index contributed by atoms with van der Waals surface area (Å²) in [5.74, 6) is 0.303. The largest absolute Gasteiger partial charge is 0.466 e. The lowest BCUT2D eigenvalue weighted by Crippen LogP contribution is -2.37. The van der Waals surface area contributed by atoms with E-state index in [0.29, 0.717) is 26.1 Å². The smallest absolute Gasteiger partial charge is 0.309 e. The Bertz CT molecular complexity index is 652. The molecule has 0 spiro atoms. The van der Waals surface area contributed by atoms with Crippen LogP contribution < -0.4 is 0 Å². The van der Waals surface area contributed by atoms with E-state index in [1.54, 1.807) is 6.33 Å². The molecule has 0 saturated carbocycles. The highest BCUT2D eigenvalue weighted by molar-refractivity contribution is 5.79. The van der Waals surface area contributed by atoms with E-state index in [-0.39, 0.29) is 35.5 Å². The molecule has 6 nitrogen and oxygen atoms in total. The Morgan fingerprint density at radius 3 is 2.83 bits per heavy atom. The lowest BCUT2D eigenvalue weighted by atomic mass is 9.72. The minimum atomic E-state index is -0.162. The number of amides is 1. The number of nitrogens with zero attached hydrogens (tertiary/aromatic N) is 2. The van der Waals surface area contributed by atoms with E-state index >= 15 is 0 Å². The van der Waals surface area contributed by atoms with Crippen LogP contribution in [0.4, 0.5) is 0 Å². The van der Waals surface area contributed by atoms with Crippen LogP contribution in [0.3, 0.4) is 0 Å². The van der Waals surface area contributed by atoms with Crippen molar-refractivity contribution in [3.63, 3.8) is 0 Å². The van der Waals surface area contributed by atoms with Gasteiger partial charge in [-0.05, 0) is 31.6 Å². The number of aromatic amines is 1. The summed E-state index contributed by atoms with van der Waals surface area (Å²) in [5.41, 5.74) is 1.72. The average Bonchev–Trinajstić information content (AvgIpc) is 3.14. The second-order valence-corrected chi connectivity index (χ2v) is 6.80. The van der Waals surface area contributed by atoms with Gasteiger partial charge < -0.3 is 14.6 Å². The number of rotatable bonds is 4. The monoisotopic (exact) mass is 331 g/mol. The van der Waals surface area contributed by atoms with Crippen molar-refractivity contribution in [1.29, 1.82) is 0 Å². The molecule has 0 unspecified atom stereocenters. The third kappa shape index (κ3) is 3.09. The van der Waals surface area contributed by atoms with Crippen LogP contribution in [0.1, 0.15) is 25.2 Å². The highest BCUT2D eigenvalue weighted by Crippen LogP contribution is 2.40. The summed E-state index contributed by atoms with van der Waals surface area (Å²) in [6.07, 6.45) is 6.17. The standard InChI is InChI=1S/C18H25N3O3/c1-4-24-18(23)17-11(2)5-6-13-8-21(9-14(13)17)16(22)7-15-12(3)19-10-20-15/h5-6,10-11,13-14,17H,4,7-9H2,1-3H3,(H,19,20)/t11-,13-,14-,17-/m0/s1. The predicted molar refractivity (Wildman–Crippen MR) is 89.0 cm³/mol. The van der Waals surface area contributed by atoms with Gasteiger partial charge in [0.15, 0.2) is 0 Å². The summed E-state index contributed by atoms with van der Waals surface area (Å²) < 4.78 is 5.27. The van der Waals surface area contributed by atoms with Crippen LogP contribution in [0.2, 0.25) is 0 Å². The maximum absolute atomic E-state index is 12.6. The van der Waals surface area contributed by atoms with Gasteiger partial charge in [-0.25, -0.2) is 4.98 Å². The summed E-state index contributed by atoms with van der Waals surface area (Å²) in [7, 11) is 0. The molecule has 4 atom stereocenters. The number of ether oxygens (including phenoxy) is 1. The Labute approximate surface area is 142 Å². The second-order valence-electron chi connectivity index (χ2n) is 6.80. The van der Waals surface area contributed by atoms with Crippen LogP contribution in [0.5, 0.6) is 0 Å². The minimum absolute atomic E-state index is 0.0725. The molecule has 1 N–H and O–H groups in total. The quantitative estimate of drug-likeness (QED) is 0.673. The summed E-state index contributed by atoms with van der Waals surface area (Å²) in [6.45, 7) is 7.48. The molecule has 2 aliphatic rings. The zero-order valence-corrected chi connectivity index (χ0v) is 14.5. The number of aromatic nitrogens is 2. The first kappa shape index (κ1) is 16.7. The van der Waals surface area contributed by atoms with Crippen molar-refractivity contribution >= 4 is 11.9 Å². The van der Waals surface area contributed by atoms with Crippen LogP contribution in [0.25, 0.3) is 0 Å². The fourth-order valence-corrected chi connectivity index (χ4v) is 3.92. The zero-order valence-electron chi connectivity index (χ0n) is 14.5. The Morgan fingerprint density at radius 1 is 1.38 bits per heavy atom. The topological polar surface area (TPSA) is 75.3 Å². The van der Waals surface area contributed by atoms with Gasteiger partial charge in [-0.3, -0.25) is 9.59 Å². The van der Waals surface area contributed by atoms with Crippen molar-refractivity contribution in [3.8, 4) is 0 Å². The summed E-state index contributed by atoms with van der Waals surface area (Å²) >= 11 is 0. The van der Waals surface area contributed by atoms with Gasteiger partial charge in [0, 0.05) is 18.8 Å². The molecule has 0 aromatic carbocycles. The summed E-state index contributed by atoms with van der Waals surface area (Å²) in [4.78, 5) is 34.1. The summed E-state index contributed by atoms with van der Waals surface area (Å²) in [5, 5.41) is 0. The van der Waals surface area contributed by atoms with E-state index < -0.39 is 0 Å². The second kappa shape index (κ2) is 6.79. The Balaban J connectivity index is 1.70. The van der Waals surface area contributed by atoms with Crippen LogP contribution in [0, 0.1) is 30.6 Å². The van der Waals surface area contributed by atoms with Crippen LogP contribution in [-0.4, -0.2) is 46.4 Å². The Hall–Kier alpha value is -2.11. The molecule has 0 bridgehead atoms. The molecule has 1 saturated heterocycles. The van der Waals surface area contributed by atoms with Gasteiger partial charge in [-0.1, -0.05) is 19.1 Å². The van der Waals surface area contributed by atoms with Gasteiger partial charge in [0.1, 0.15) is 0 Å². The van der Waals surface area contributed by atoms with E-state index in [9.17, 15) is 9.59 Å². The van der Waals surface area contributed by atoms with Crippen molar-refractivity contribution in [1.82, 2.24) is 14.9 Å². The molecular weight excluding hydrogens is 306 g/mol. The highest BCUT2D eigenvalue weighted by Gasteiger charge is 2.45. The lowest BCUT2D eigenvalue weighted by Gasteiger charge is -2.31.